The molecule has 2 aromatic carbocycles. The Morgan fingerprint density at radius 1 is 0.783 bits per heavy atom. The Labute approximate surface area is 132 Å². The van der Waals surface area contributed by atoms with Gasteiger partial charge in [0, 0.05) is 23.6 Å². The van der Waals surface area contributed by atoms with Gasteiger partial charge in [0.2, 0.25) is 0 Å². The molecule has 0 saturated heterocycles. The molecule has 23 heavy (non-hydrogen) atoms. The maximum atomic E-state index is 9.30. The van der Waals surface area contributed by atoms with Crippen LogP contribution in [0.4, 0.5) is 0 Å². The molecule has 0 bridgehead atoms. The second-order valence-electron chi connectivity index (χ2n) is 5.52. The molecule has 2 aromatic heterocycles. The summed E-state index contributed by atoms with van der Waals surface area (Å²) in [5, 5.41) is 14.8. The lowest BCUT2D eigenvalue weighted by atomic mass is 10.1. The van der Waals surface area contributed by atoms with Gasteiger partial charge in [-0.25, -0.2) is 0 Å². The Hall–Kier alpha value is -3.01. The summed E-state index contributed by atoms with van der Waals surface area (Å²) in [5.41, 5.74) is 2.27. The largest absolute Gasteiger partial charge is 0.461 e. The van der Waals surface area contributed by atoms with E-state index in [4.69, 9.17) is 8.83 Å². The Balaban J connectivity index is 1.56. The van der Waals surface area contributed by atoms with Crippen LogP contribution in [0, 0.1) is 0 Å². The van der Waals surface area contributed by atoms with Gasteiger partial charge in [-0.2, -0.15) is 0 Å². The highest BCUT2D eigenvalue weighted by Gasteiger charge is 2.12. The molecule has 0 atom stereocenters. The molecule has 4 nitrogen and oxygen atoms in total. The average Bonchev–Trinajstić information content (AvgIpc) is 3.16. The minimum atomic E-state index is 0.447. The quantitative estimate of drug-likeness (QED) is 0.335. The molecule has 4 heteroatoms. The van der Waals surface area contributed by atoms with Crippen molar-refractivity contribution in [3.63, 3.8) is 0 Å². The van der Waals surface area contributed by atoms with Gasteiger partial charge in [0.05, 0.1) is 5.71 Å². The SMILES string of the molecule is ON=C(Cc1cc2ccccc2o1)Cc1cc2ccccc2o1. The first-order valence-electron chi connectivity index (χ1n) is 7.46. The van der Waals surface area contributed by atoms with E-state index in [-0.39, 0.29) is 0 Å². The number of oxime groups is 1. The number of furan rings is 2. The van der Waals surface area contributed by atoms with Gasteiger partial charge in [0.15, 0.2) is 0 Å². The lowest BCUT2D eigenvalue weighted by Gasteiger charge is -1.99. The van der Waals surface area contributed by atoms with Crippen LogP contribution in [0.1, 0.15) is 11.5 Å². The van der Waals surface area contributed by atoms with E-state index in [1.165, 1.54) is 0 Å². The van der Waals surface area contributed by atoms with Crippen LogP contribution >= 0.6 is 0 Å². The van der Waals surface area contributed by atoms with Gasteiger partial charge < -0.3 is 14.0 Å². The molecule has 4 rings (SSSR count). The Morgan fingerprint density at radius 2 is 1.26 bits per heavy atom. The second-order valence-corrected chi connectivity index (χ2v) is 5.52. The summed E-state index contributed by atoms with van der Waals surface area (Å²) in [6.45, 7) is 0. The summed E-state index contributed by atoms with van der Waals surface area (Å²) in [7, 11) is 0. The highest BCUT2D eigenvalue weighted by molar-refractivity contribution is 5.89. The fraction of sp³-hybridized carbons (Fsp3) is 0.105. The first kappa shape index (κ1) is 13.6. The van der Waals surface area contributed by atoms with Crippen LogP contribution < -0.4 is 0 Å². The Bertz CT molecular complexity index is 850. The van der Waals surface area contributed by atoms with E-state index in [0.717, 1.165) is 33.5 Å². The molecule has 0 unspecified atom stereocenters. The molecule has 4 aromatic rings. The number of fused-ring (bicyclic) bond motifs is 2. The molecule has 1 N–H and O–H groups in total. The molecule has 2 heterocycles. The maximum absolute atomic E-state index is 9.30. The van der Waals surface area contributed by atoms with E-state index in [0.29, 0.717) is 18.6 Å². The van der Waals surface area contributed by atoms with Crippen LogP contribution in [0.2, 0.25) is 0 Å². The van der Waals surface area contributed by atoms with Gasteiger partial charge in [-0.15, -0.1) is 0 Å². The van der Waals surface area contributed by atoms with Crippen LogP contribution in [-0.4, -0.2) is 10.9 Å². The molecular weight excluding hydrogens is 290 g/mol. The summed E-state index contributed by atoms with van der Waals surface area (Å²) >= 11 is 0. The third-order valence-electron chi connectivity index (χ3n) is 3.85. The molecule has 0 fully saturated rings. The summed E-state index contributed by atoms with van der Waals surface area (Å²) in [6.07, 6.45) is 0.893. The molecule has 0 aliphatic carbocycles. The average molecular weight is 305 g/mol. The van der Waals surface area contributed by atoms with Crippen LogP contribution in [-0.2, 0) is 12.8 Å². The highest BCUT2D eigenvalue weighted by Crippen LogP contribution is 2.22. The van der Waals surface area contributed by atoms with E-state index in [2.05, 4.69) is 5.16 Å². The van der Waals surface area contributed by atoms with Crippen molar-refractivity contribution >= 4 is 27.7 Å². The van der Waals surface area contributed by atoms with Gasteiger partial charge in [0.25, 0.3) is 0 Å². The van der Waals surface area contributed by atoms with Crippen LogP contribution in [0.15, 0.2) is 74.7 Å². The van der Waals surface area contributed by atoms with Gasteiger partial charge in [-0.05, 0) is 24.3 Å². The normalized spacial score (nSPS) is 11.1. The molecule has 114 valence electrons. The van der Waals surface area contributed by atoms with Gasteiger partial charge >= 0.3 is 0 Å². The van der Waals surface area contributed by atoms with Crippen LogP contribution in [0.25, 0.3) is 21.9 Å². The molecule has 0 radical (unpaired) electrons. The standard InChI is InChI=1S/C19H15NO3/c21-20-15(11-16-9-13-5-1-3-7-18(13)22-16)12-17-10-14-6-2-4-8-19(14)23-17/h1-10,21H,11-12H2. The molecule has 0 aliphatic rings. The van der Waals surface area contributed by atoms with E-state index >= 15 is 0 Å². The van der Waals surface area contributed by atoms with Crippen molar-refractivity contribution in [3.05, 3.63) is 72.2 Å². The summed E-state index contributed by atoms with van der Waals surface area (Å²) in [5.74, 6) is 1.55. The van der Waals surface area contributed by atoms with Gasteiger partial charge in [-0.1, -0.05) is 41.6 Å². The molecule has 0 spiro atoms. The second kappa shape index (κ2) is 5.65. The van der Waals surface area contributed by atoms with E-state index in [1.54, 1.807) is 0 Å². The first-order chi connectivity index (χ1) is 11.3. The monoisotopic (exact) mass is 305 g/mol. The zero-order valence-corrected chi connectivity index (χ0v) is 12.4. The fourth-order valence-electron chi connectivity index (χ4n) is 2.78. The maximum Gasteiger partial charge on any atom is 0.134 e. The lowest BCUT2D eigenvalue weighted by molar-refractivity contribution is 0.316. The number of para-hydroxylation sites is 2. The van der Waals surface area contributed by atoms with Crippen LogP contribution in [0.3, 0.4) is 0 Å². The molecule has 0 saturated carbocycles. The third kappa shape index (κ3) is 2.71. The van der Waals surface area contributed by atoms with E-state index in [1.807, 2.05) is 60.7 Å². The van der Waals surface area contributed by atoms with E-state index in [9.17, 15) is 5.21 Å². The zero-order chi connectivity index (χ0) is 15.6. The van der Waals surface area contributed by atoms with Crippen molar-refractivity contribution < 1.29 is 14.0 Å². The Kier molecular flexibility index (Phi) is 3.35. The number of hydrogen-bond acceptors (Lipinski definition) is 4. The molecule has 0 amide bonds. The lowest BCUT2D eigenvalue weighted by Crippen LogP contribution is -2.06. The third-order valence-corrected chi connectivity index (χ3v) is 3.85. The number of rotatable bonds is 4. The van der Waals surface area contributed by atoms with Crippen LogP contribution in [0.5, 0.6) is 0 Å². The molecular formula is C19H15NO3. The highest BCUT2D eigenvalue weighted by atomic mass is 16.4. The topological polar surface area (TPSA) is 58.9 Å². The van der Waals surface area contributed by atoms with Crippen molar-refractivity contribution in [1.29, 1.82) is 0 Å². The predicted molar refractivity (Wildman–Crippen MR) is 89.1 cm³/mol. The Morgan fingerprint density at radius 3 is 1.70 bits per heavy atom. The minimum Gasteiger partial charge on any atom is -0.461 e. The predicted octanol–water partition coefficient (Wildman–Crippen LogP) is 4.79. The smallest absolute Gasteiger partial charge is 0.134 e. The zero-order valence-electron chi connectivity index (χ0n) is 12.4. The summed E-state index contributed by atoms with van der Waals surface area (Å²) in [6, 6.07) is 19.6. The van der Waals surface area contributed by atoms with Crippen molar-refractivity contribution in [2.24, 2.45) is 5.16 Å². The molecule has 0 aliphatic heterocycles. The van der Waals surface area contributed by atoms with Crippen molar-refractivity contribution in [2.75, 3.05) is 0 Å². The minimum absolute atomic E-state index is 0.447. The van der Waals surface area contributed by atoms with Crippen molar-refractivity contribution in [3.8, 4) is 0 Å². The van der Waals surface area contributed by atoms with Gasteiger partial charge in [0.1, 0.15) is 22.7 Å². The number of nitrogens with zero attached hydrogens (tertiary/aromatic N) is 1. The first-order valence-corrected chi connectivity index (χ1v) is 7.46. The summed E-state index contributed by atoms with van der Waals surface area (Å²) in [4.78, 5) is 0. The fourth-order valence-corrected chi connectivity index (χ4v) is 2.78. The van der Waals surface area contributed by atoms with E-state index < -0.39 is 0 Å². The summed E-state index contributed by atoms with van der Waals surface area (Å²) < 4.78 is 11.5. The van der Waals surface area contributed by atoms with Gasteiger partial charge in [-0.3, -0.25) is 0 Å². The van der Waals surface area contributed by atoms with Crippen molar-refractivity contribution in [1.82, 2.24) is 0 Å². The van der Waals surface area contributed by atoms with Crippen molar-refractivity contribution in [2.45, 2.75) is 12.8 Å². The number of hydrogen-bond donors (Lipinski definition) is 1. The number of benzene rings is 2.